The molecule has 8 atom stereocenters. The summed E-state index contributed by atoms with van der Waals surface area (Å²) in [5, 5.41) is 8.02. The Morgan fingerprint density at radius 1 is 1.14 bits per heavy atom. The Morgan fingerprint density at radius 3 is 2.62 bits per heavy atom. The minimum atomic E-state index is -0.329. The van der Waals surface area contributed by atoms with Crippen LogP contribution >= 0.6 is 0 Å². The monoisotopic (exact) mass is 511 g/mol. The lowest BCUT2D eigenvalue weighted by atomic mass is 9.46. The van der Waals surface area contributed by atoms with E-state index in [0.717, 1.165) is 43.9 Å². The van der Waals surface area contributed by atoms with Crippen LogP contribution in [0.15, 0.2) is 16.8 Å². The zero-order chi connectivity index (χ0) is 26.5. The smallest absolute Gasteiger partial charge is 0.312 e. The van der Waals surface area contributed by atoms with Gasteiger partial charge in [0.1, 0.15) is 0 Å². The van der Waals surface area contributed by atoms with Crippen LogP contribution in [-0.4, -0.2) is 47.7 Å². The summed E-state index contributed by atoms with van der Waals surface area (Å²) in [6.07, 6.45) is 11.7. The molecule has 3 saturated carbocycles. The number of amides is 1. The van der Waals surface area contributed by atoms with Gasteiger partial charge in [0.15, 0.2) is 5.78 Å². The van der Waals surface area contributed by atoms with Gasteiger partial charge in [-0.1, -0.05) is 31.5 Å². The molecule has 1 aliphatic heterocycles. The molecule has 1 amide bonds. The third-order valence-electron chi connectivity index (χ3n) is 11.7. The topological polar surface area (TPSA) is 71.0 Å². The predicted molar refractivity (Wildman–Crippen MR) is 147 cm³/mol. The molecule has 1 N–H and O–H groups in total. The minimum absolute atomic E-state index is 0.0722. The molecule has 0 aromatic carbocycles. The number of carbonyl (C=O) groups excluding carboxylic acids is 2. The number of rotatable bonds is 5. The average molecular weight is 512 g/mol. The van der Waals surface area contributed by atoms with E-state index in [1.807, 2.05) is 24.8 Å². The normalized spacial score (nSPS) is 41.6. The Hall–Kier alpha value is -1.69. The second kappa shape index (κ2) is 10.1. The van der Waals surface area contributed by atoms with Gasteiger partial charge in [-0.2, -0.15) is 0 Å². The minimum Gasteiger partial charge on any atom is -0.312 e. The predicted octanol–water partition coefficient (Wildman–Crippen LogP) is 6.36. The lowest BCUT2D eigenvalue weighted by molar-refractivity contribution is -0.117. The summed E-state index contributed by atoms with van der Waals surface area (Å²) < 4.78 is 0. The van der Waals surface area contributed by atoms with Crippen LogP contribution in [0, 0.1) is 40.4 Å². The van der Waals surface area contributed by atoms with Crippen molar-refractivity contribution < 1.29 is 14.4 Å². The first-order valence-corrected chi connectivity index (χ1v) is 15.0. The second-order valence-electron chi connectivity index (χ2n) is 13.8. The Morgan fingerprint density at radius 2 is 1.92 bits per heavy atom. The highest BCUT2D eigenvalue weighted by Crippen LogP contribution is 2.66. The van der Waals surface area contributed by atoms with Crippen molar-refractivity contribution in [2.45, 2.75) is 111 Å². The summed E-state index contributed by atoms with van der Waals surface area (Å²) in [5.74, 6) is 3.38. The second-order valence-corrected chi connectivity index (χ2v) is 13.8. The molecule has 0 radical (unpaired) electrons. The molecule has 37 heavy (non-hydrogen) atoms. The summed E-state index contributed by atoms with van der Waals surface area (Å²) >= 11 is 0. The zero-order valence-corrected chi connectivity index (χ0v) is 24.0. The van der Waals surface area contributed by atoms with Crippen molar-refractivity contribution in [3.63, 3.8) is 0 Å². The summed E-state index contributed by atoms with van der Waals surface area (Å²) in [7, 11) is 0. The number of fused-ring (bicyclic) bond motifs is 5. The van der Waals surface area contributed by atoms with E-state index in [-0.39, 0.29) is 23.0 Å². The van der Waals surface area contributed by atoms with Gasteiger partial charge in [-0.25, -0.2) is 4.79 Å². The van der Waals surface area contributed by atoms with Gasteiger partial charge in [-0.3, -0.25) is 9.63 Å². The SMILES string of the molecule is C/C(=N\OC(=O)N(CC1NCCC1C)C(C)C)[C@H]1CC[C@H]2[C@@H]3CCC4=CC(=O)CC[C@]4(C)[C@H]3CC[C@]12C. The molecule has 6 nitrogen and oxygen atoms in total. The molecule has 6 heteroatoms. The van der Waals surface area contributed by atoms with Crippen molar-refractivity contribution in [1.82, 2.24) is 10.2 Å². The van der Waals surface area contributed by atoms with Gasteiger partial charge in [0, 0.05) is 31.0 Å². The summed E-state index contributed by atoms with van der Waals surface area (Å²) in [5.41, 5.74) is 2.84. The Labute approximate surface area is 224 Å². The fourth-order valence-corrected chi connectivity index (χ4v) is 9.32. The van der Waals surface area contributed by atoms with Crippen molar-refractivity contribution in [3.8, 4) is 0 Å². The first-order valence-electron chi connectivity index (χ1n) is 15.0. The third-order valence-corrected chi connectivity index (χ3v) is 11.7. The van der Waals surface area contributed by atoms with Crippen molar-refractivity contribution in [1.29, 1.82) is 0 Å². The Kier molecular flexibility index (Phi) is 7.36. The summed E-state index contributed by atoms with van der Waals surface area (Å²) in [6.45, 7) is 15.0. The molecule has 1 saturated heterocycles. The van der Waals surface area contributed by atoms with Crippen LogP contribution in [0.5, 0.6) is 0 Å². The number of hydrogen-bond donors (Lipinski definition) is 1. The molecular weight excluding hydrogens is 462 g/mol. The molecule has 4 fully saturated rings. The number of nitrogens with one attached hydrogen (secondary N) is 1. The van der Waals surface area contributed by atoms with E-state index < -0.39 is 0 Å². The van der Waals surface area contributed by atoms with Crippen LogP contribution in [0.25, 0.3) is 0 Å². The van der Waals surface area contributed by atoms with Crippen molar-refractivity contribution in [3.05, 3.63) is 11.6 Å². The number of nitrogens with zero attached hydrogens (tertiary/aromatic N) is 2. The van der Waals surface area contributed by atoms with Crippen LogP contribution in [0.4, 0.5) is 4.79 Å². The zero-order valence-electron chi connectivity index (χ0n) is 24.0. The van der Waals surface area contributed by atoms with Crippen molar-refractivity contribution >= 4 is 17.6 Å². The molecule has 5 aliphatic rings. The van der Waals surface area contributed by atoms with Gasteiger partial charge in [0.25, 0.3) is 0 Å². The van der Waals surface area contributed by atoms with Crippen LogP contribution in [0.3, 0.4) is 0 Å². The molecule has 0 bridgehead atoms. The van der Waals surface area contributed by atoms with Crippen LogP contribution in [0.1, 0.15) is 99.3 Å². The molecular formula is C31H49N3O3. The van der Waals surface area contributed by atoms with Gasteiger partial charge >= 0.3 is 6.09 Å². The van der Waals surface area contributed by atoms with Gasteiger partial charge in [0.05, 0.1) is 5.71 Å². The lowest BCUT2D eigenvalue weighted by Crippen LogP contribution is -2.51. The van der Waals surface area contributed by atoms with E-state index in [0.29, 0.717) is 48.5 Å². The molecule has 0 spiro atoms. The quantitative estimate of drug-likeness (QED) is 0.265. The largest absolute Gasteiger partial charge is 0.436 e. The molecule has 1 heterocycles. The van der Waals surface area contributed by atoms with Crippen LogP contribution in [-0.2, 0) is 9.63 Å². The molecule has 206 valence electrons. The van der Waals surface area contributed by atoms with E-state index in [1.54, 1.807) is 0 Å². The Balaban J connectivity index is 1.27. The van der Waals surface area contributed by atoms with E-state index in [2.05, 4.69) is 38.2 Å². The molecule has 2 unspecified atom stereocenters. The number of hydrogen-bond acceptors (Lipinski definition) is 5. The maximum absolute atomic E-state index is 13.1. The summed E-state index contributed by atoms with van der Waals surface area (Å²) in [6, 6.07) is 0.391. The average Bonchev–Trinajstić information content (AvgIpc) is 3.43. The van der Waals surface area contributed by atoms with E-state index >= 15 is 0 Å². The number of carbonyl (C=O) groups is 2. The molecule has 4 aliphatic carbocycles. The van der Waals surface area contributed by atoms with Crippen LogP contribution < -0.4 is 5.32 Å². The highest BCUT2D eigenvalue weighted by atomic mass is 16.7. The highest BCUT2D eigenvalue weighted by molar-refractivity contribution is 5.91. The summed E-state index contributed by atoms with van der Waals surface area (Å²) in [4.78, 5) is 32.7. The fourth-order valence-electron chi connectivity index (χ4n) is 9.32. The maximum Gasteiger partial charge on any atom is 0.436 e. The first-order chi connectivity index (χ1) is 17.5. The number of allylic oxidation sites excluding steroid dienone is 1. The van der Waals surface area contributed by atoms with Crippen LogP contribution in [0.2, 0.25) is 0 Å². The molecule has 0 aromatic rings. The number of oxime groups is 1. The van der Waals surface area contributed by atoms with Gasteiger partial charge in [0.2, 0.25) is 0 Å². The third kappa shape index (κ3) is 4.70. The lowest BCUT2D eigenvalue weighted by Gasteiger charge is -2.58. The molecule has 5 rings (SSSR count). The standard InChI is InChI=1S/C31H49N3O3/c1-19(2)34(18-28-20(3)13-16-32-28)29(36)37-33-21(4)25-9-10-26-24-8-7-22-17-23(35)11-14-30(22,5)27(24)12-15-31(25,26)6/h17,19-20,24-28,32H,7-16,18H2,1-6H3/b33-21+/t20?,24-,25+,26-,27-,28?,30-,31+/m0/s1. The van der Waals surface area contributed by atoms with Gasteiger partial charge in [-0.05, 0) is 119 Å². The van der Waals surface area contributed by atoms with Gasteiger partial charge in [-0.15, -0.1) is 0 Å². The van der Waals surface area contributed by atoms with E-state index in [9.17, 15) is 9.59 Å². The number of ketones is 1. The van der Waals surface area contributed by atoms with Gasteiger partial charge < -0.3 is 10.2 Å². The van der Waals surface area contributed by atoms with Crippen molar-refractivity contribution in [2.24, 2.45) is 45.6 Å². The first kappa shape index (κ1) is 26.9. The maximum atomic E-state index is 13.1. The highest BCUT2D eigenvalue weighted by Gasteiger charge is 2.59. The molecule has 0 aromatic heterocycles. The fraction of sp³-hybridized carbons (Fsp3) is 0.839. The Bertz CT molecular complexity index is 973. The van der Waals surface area contributed by atoms with Crippen molar-refractivity contribution in [2.75, 3.05) is 13.1 Å². The van der Waals surface area contributed by atoms with E-state index in [4.69, 9.17) is 4.84 Å². The van der Waals surface area contributed by atoms with E-state index in [1.165, 1.54) is 31.3 Å².